The van der Waals surface area contributed by atoms with Crippen molar-refractivity contribution in [3.8, 4) is 5.75 Å². The summed E-state index contributed by atoms with van der Waals surface area (Å²) in [6, 6.07) is 7.08. The standard InChI is InChI=1S/C13H17ClO2/c1-9(2)7-13(15)10(3)16-12-6-4-5-11(14)8-12/h4-6,8-10H,7H2,1-3H3. The highest BCUT2D eigenvalue weighted by molar-refractivity contribution is 6.30. The van der Waals surface area contributed by atoms with E-state index >= 15 is 0 Å². The summed E-state index contributed by atoms with van der Waals surface area (Å²) in [6.45, 7) is 5.81. The lowest BCUT2D eigenvalue weighted by Gasteiger charge is -2.14. The molecule has 0 aromatic heterocycles. The van der Waals surface area contributed by atoms with Gasteiger partial charge in [0, 0.05) is 11.4 Å². The number of ketones is 1. The van der Waals surface area contributed by atoms with Crippen molar-refractivity contribution >= 4 is 17.4 Å². The molecule has 0 amide bonds. The Balaban J connectivity index is 2.57. The molecule has 0 spiro atoms. The summed E-state index contributed by atoms with van der Waals surface area (Å²) < 4.78 is 5.52. The fourth-order valence-electron chi connectivity index (χ4n) is 1.38. The van der Waals surface area contributed by atoms with E-state index in [1.165, 1.54) is 0 Å². The molecule has 1 atom stereocenters. The van der Waals surface area contributed by atoms with Gasteiger partial charge in [0.05, 0.1) is 0 Å². The molecule has 1 aromatic rings. The van der Waals surface area contributed by atoms with E-state index in [0.717, 1.165) is 0 Å². The molecule has 0 saturated carbocycles. The molecule has 2 nitrogen and oxygen atoms in total. The average molecular weight is 241 g/mol. The van der Waals surface area contributed by atoms with E-state index in [1.807, 2.05) is 13.8 Å². The quantitative estimate of drug-likeness (QED) is 0.784. The summed E-state index contributed by atoms with van der Waals surface area (Å²) in [5, 5.41) is 0.612. The highest BCUT2D eigenvalue weighted by Gasteiger charge is 2.15. The van der Waals surface area contributed by atoms with Crippen LogP contribution in [-0.4, -0.2) is 11.9 Å². The van der Waals surface area contributed by atoms with Gasteiger partial charge in [-0.25, -0.2) is 0 Å². The maximum absolute atomic E-state index is 11.7. The topological polar surface area (TPSA) is 26.3 Å². The minimum atomic E-state index is -0.416. The van der Waals surface area contributed by atoms with Gasteiger partial charge in [-0.15, -0.1) is 0 Å². The Bertz CT molecular complexity index is 361. The molecule has 1 unspecified atom stereocenters. The number of benzene rings is 1. The van der Waals surface area contributed by atoms with Crippen molar-refractivity contribution in [2.24, 2.45) is 5.92 Å². The molecule has 1 aromatic carbocycles. The minimum absolute atomic E-state index is 0.120. The van der Waals surface area contributed by atoms with Crippen LogP contribution in [0.2, 0.25) is 5.02 Å². The van der Waals surface area contributed by atoms with E-state index < -0.39 is 6.10 Å². The highest BCUT2D eigenvalue weighted by atomic mass is 35.5. The Morgan fingerprint density at radius 1 is 1.38 bits per heavy atom. The van der Waals surface area contributed by atoms with E-state index in [1.54, 1.807) is 31.2 Å². The van der Waals surface area contributed by atoms with Crippen LogP contribution in [0, 0.1) is 5.92 Å². The lowest BCUT2D eigenvalue weighted by atomic mass is 10.0. The largest absolute Gasteiger partial charge is 0.483 e. The Hall–Kier alpha value is -1.02. The van der Waals surface area contributed by atoms with Crippen molar-refractivity contribution in [2.45, 2.75) is 33.3 Å². The molecule has 0 aliphatic heterocycles. The molecule has 3 heteroatoms. The van der Waals surface area contributed by atoms with Gasteiger partial charge in [0.25, 0.3) is 0 Å². The maximum Gasteiger partial charge on any atom is 0.173 e. The van der Waals surface area contributed by atoms with Crippen LogP contribution in [0.1, 0.15) is 27.2 Å². The predicted molar refractivity (Wildman–Crippen MR) is 66.0 cm³/mol. The first kappa shape index (κ1) is 13.0. The molecule has 0 bridgehead atoms. The van der Waals surface area contributed by atoms with Crippen LogP contribution in [0.3, 0.4) is 0 Å². The zero-order valence-corrected chi connectivity index (χ0v) is 10.6. The summed E-state index contributed by atoms with van der Waals surface area (Å²) in [4.78, 5) is 11.7. The number of hydrogen-bond acceptors (Lipinski definition) is 2. The minimum Gasteiger partial charge on any atom is -0.483 e. The normalized spacial score (nSPS) is 12.6. The number of carbonyl (C=O) groups is 1. The molecule has 0 fully saturated rings. The van der Waals surface area contributed by atoms with Gasteiger partial charge < -0.3 is 4.74 Å². The van der Waals surface area contributed by atoms with Crippen LogP contribution in [0.25, 0.3) is 0 Å². The van der Waals surface area contributed by atoms with Gasteiger partial charge in [-0.3, -0.25) is 4.79 Å². The molecule has 88 valence electrons. The molecule has 1 rings (SSSR count). The highest BCUT2D eigenvalue weighted by Crippen LogP contribution is 2.19. The summed E-state index contributed by atoms with van der Waals surface area (Å²) in [6.07, 6.45) is 0.128. The molecule has 0 radical (unpaired) electrons. The van der Waals surface area contributed by atoms with E-state index in [9.17, 15) is 4.79 Å². The zero-order valence-electron chi connectivity index (χ0n) is 9.87. The summed E-state index contributed by atoms with van der Waals surface area (Å²) in [5.74, 6) is 1.12. The predicted octanol–water partition coefficient (Wildman–Crippen LogP) is 3.72. The van der Waals surface area contributed by atoms with Gasteiger partial charge in [-0.1, -0.05) is 31.5 Å². The lowest BCUT2D eigenvalue weighted by molar-refractivity contribution is -0.125. The number of rotatable bonds is 5. The molecule has 16 heavy (non-hydrogen) atoms. The summed E-state index contributed by atoms with van der Waals surface area (Å²) in [7, 11) is 0. The van der Waals surface area contributed by atoms with Crippen molar-refractivity contribution in [1.82, 2.24) is 0 Å². The first-order valence-electron chi connectivity index (χ1n) is 5.44. The molecular weight excluding hydrogens is 224 g/mol. The third-order valence-corrected chi connectivity index (χ3v) is 2.41. The Morgan fingerprint density at radius 2 is 2.06 bits per heavy atom. The second kappa shape index (κ2) is 5.90. The SMILES string of the molecule is CC(C)CC(=O)C(C)Oc1cccc(Cl)c1. The van der Waals surface area contributed by atoms with Gasteiger partial charge in [-0.05, 0) is 31.0 Å². The number of carbonyl (C=O) groups excluding carboxylic acids is 1. The third kappa shape index (κ3) is 4.23. The first-order valence-corrected chi connectivity index (χ1v) is 5.81. The fraction of sp³-hybridized carbons (Fsp3) is 0.462. The van der Waals surface area contributed by atoms with Crippen molar-refractivity contribution < 1.29 is 9.53 Å². The molecule has 0 saturated heterocycles. The van der Waals surface area contributed by atoms with Crippen LogP contribution in [0.15, 0.2) is 24.3 Å². The third-order valence-electron chi connectivity index (χ3n) is 2.17. The van der Waals surface area contributed by atoms with Crippen molar-refractivity contribution in [1.29, 1.82) is 0 Å². The van der Waals surface area contributed by atoms with Gasteiger partial charge >= 0.3 is 0 Å². The van der Waals surface area contributed by atoms with E-state index in [2.05, 4.69) is 0 Å². The number of halogens is 1. The summed E-state index contributed by atoms with van der Waals surface area (Å²) >= 11 is 5.83. The summed E-state index contributed by atoms with van der Waals surface area (Å²) in [5.41, 5.74) is 0. The van der Waals surface area contributed by atoms with Crippen molar-refractivity contribution in [2.75, 3.05) is 0 Å². The lowest BCUT2D eigenvalue weighted by Crippen LogP contribution is -2.24. The average Bonchev–Trinajstić information content (AvgIpc) is 2.16. The van der Waals surface area contributed by atoms with Crippen LogP contribution < -0.4 is 4.74 Å². The zero-order chi connectivity index (χ0) is 12.1. The van der Waals surface area contributed by atoms with Crippen molar-refractivity contribution in [3.05, 3.63) is 29.3 Å². The second-order valence-electron chi connectivity index (χ2n) is 4.28. The molecule has 0 heterocycles. The van der Waals surface area contributed by atoms with E-state index in [-0.39, 0.29) is 5.78 Å². The van der Waals surface area contributed by atoms with E-state index in [4.69, 9.17) is 16.3 Å². The second-order valence-corrected chi connectivity index (χ2v) is 4.72. The Labute approximate surface area is 102 Å². The van der Waals surface area contributed by atoms with Gasteiger partial charge in [0.2, 0.25) is 0 Å². The molecular formula is C13H17ClO2. The first-order chi connectivity index (χ1) is 7.49. The van der Waals surface area contributed by atoms with E-state index in [0.29, 0.717) is 23.1 Å². The molecule has 0 aliphatic rings. The Morgan fingerprint density at radius 3 is 2.62 bits per heavy atom. The monoisotopic (exact) mass is 240 g/mol. The number of ether oxygens (including phenoxy) is 1. The Kier molecular flexibility index (Phi) is 4.81. The fourth-order valence-corrected chi connectivity index (χ4v) is 1.56. The number of hydrogen-bond donors (Lipinski definition) is 0. The van der Waals surface area contributed by atoms with Gasteiger partial charge in [0.1, 0.15) is 5.75 Å². The number of Topliss-reactive ketones (excluding diaryl/α,β-unsaturated/α-hetero) is 1. The van der Waals surface area contributed by atoms with Crippen LogP contribution in [0.4, 0.5) is 0 Å². The van der Waals surface area contributed by atoms with Crippen LogP contribution in [0.5, 0.6) is 5.75 Å². The molecule has 0 N–H and O–H groups in total. The maximum atomic E-state index is 11.7. The van der Waals surface area contributed by atoms with Gasteiger partial charge in [-0.2, -0.15) is 0 Å². The van der Waals surface area contributed by atoms with Gasteiger partial charge in [0.15, 0.2) is 11.9 Å². The molecule has 0 aliphatic carbocycles. The smallest absolute Gasteiger partial charge is 0.173 e. The van der Waals surface area contributed by atoms with Crippen LogP contribution >= 0.6 is 11.6 Å². The van der Waals surface area contributed by atoms with Crippen LogP contribution in [-0.2, 0) is 4.79 Å². The van der Waals surface area contributed by atoms with Crippen molar-refractivity contribution in [3.63, 3.8) is 0 Å².